The van der Waals surface area contributed by atoms with E-state index in [1.807, 2.05) is 0 Å². The number of aldehydes is 1. The highest BCUT2D eigenvalue weighted by molar-refractivity contribution is 5.48. The molecule has 0 bridgehead atoms. The highest BCUT2D eigenvalue weighted by atomic mass is 16.1. The summed E-state index contributed by atoms with van der Waals surface area (Å²) in [7, 11) is 0. The van der Waals surface area contributed by atoms with Crippen LogP contribution in [0.2, 0.25) is 0 Å². The van der Waals surface area contributed by atoms with Crippen LogP contribution in [0.25, 0.3) is 0 Å². The van der Waals surface area contributed by atoms with Gasteiger partial charge in [-0.1, -0.05) is 57.6 Å². The number of hydrogen-bond acceptors (Lipinski definition) is 1. The molecule has 0 aliphatic carbocycles. The van der Waals surface area contributed by atoms with E-state index in [0.717, 1.165) is 19.1 Å². The van der Waals surface area contributed by atoms with Gasteiger partial charge >= 0.3 is 0 Å². The third-order valence-electron chi connectivity index (χ3n) is 3.08. The van der Waals surface area contributed by atoms with E-state index in [9.17, 15) is 4.79 Å². The van der Waals surface area contributed by atoms with Crippen molar-refractivity contribution in [2.75, 3.05) is 0 Å². The zero-order valence-electron chi connectivity index (χ0n) is 11.6. The Kier molecular flexibility index (Phi) is 14.9. The second kappa shape index (κ2) is 15.4. The standard InChI is InChI=1S/C16H30O/c1-2-3-4-5-6-7-8-9-10-11-12-13-14-15-16-17/h7-8,16H,2-6,9-15H2,1H3/b8-7-. The summed E-state index contributed by atoms with van der Waals surface area (Å²) in [5, 5.41) is 0. The molecule has 0 heterocycles. The van der Waals surface area contributed by atoms with Gasteiger partial charge in [0.2, 0.25) is 0 Å². The van der Waals surface area contributed by atoms with Crippen molar-refractivity contribution in [2.24, 2.45) is 0 Å². The molecule has 0 rings (SSSR count). The first-order valence-electron chi connectivity index (χ1n) is 7.50. The van der Waals surface area contributed by atoms with Crippen molar-refractivity contribution in [3.05, 3.63) is 12.2 Å². The summed E-state index contributed by atoms with van der Waals surface area (Å²) in [5.41, 5.74) is 0. The number of allylic oxidation sites excluding steroid dienone is 2. The Morgan fingerprint density at radius 2 is 1.12 bits per heavy atom. The second-order valence-corrected chi connectivity index (χ2v) is 4.83. The van der Waals surface area contributed by atoms with Crippen LogP contribution in [0.1, 0.15) is 84.0 Å². The number of carbonyl (C=O) groups excluding carboxylic acids is 1. The van der Waals surface area contributed by atoms with Gasteiger partial charge in [0.25, 0.3) is 0 Å². The lowest BCUT2D eigenvalue weighted by Crippen LogP contribution is -1.80. The topological polar surface area (TPSA) is 17.1 Å². The minimum Gasteiger partial charge on any atom is -0.303 e. The van der Waals surface area contributed by atoms with Gasteiger partial charge in [-0.2, -0.15) is 0 Å². The lowest BCUT2D eigenvalue weighted by molar-refractivity contribution is -0.107. The van der Waals surface area contributed by atoms with Gasteiger partial charge in [-0.05, 0) is 32.1 Å². The maximum Gasteiger partial charge on any atom is 0.119 e. The van der Waals surface area contributed by atoms with Crippen LogP contribution in [0.3, 0.4) is 0 Å². The van der Waals surface area contributed by atoms with E-state index >= 15 is 0 Å². The van der Waals surface area contributed by atoms with Gasteiger partial charge in [-0.15, -0.1) is 0 Å². The number of carbonyl (C=O) groups is 1. The number of hydrogen-bond donors (Lipinski definition) is 0. The van der Waals surface area contributed by atoms with Crippen LogP contribution >= 0.6 is 0 Å². The van der Waals surface area contributed by atoms with E-state index in [2.05, 4.69) is 19.1 Å². The fourth-order valence-corrected chi connectivity index (χ4v) is 1.94. The van der Waals surface area contributed by atoms with Crippen molar-refractivity contribution >= 4 is 6.29 Å². The maximum absolute atomic E-state index is 10.1. The van der Waals surface area contributed by atoms with Gasteiger partial charge in [0.1, 0.15) is 6.29 Å². The van der Waals surface area contributed by atoms with Crippen molar-refractivity contribution in [3.8, 4) is 0 Å². The molecule has 0 unspecified atom stereocenters. The van der Waals surface area contributed by atoms with Crippen LogP contribution in [-0.2, 0) is 4.79 Å². The van der Waals surface area contributed by atoms with Gasteiger partial charge in [0, 0.05) is 6.42 Å². The average molecular weight is 238 g/mol. The third-order valence-corrected chi connectivity index (χ3v) is 3.08. The molecule has 0 radical (unpaired) electrons. The van der Waals surface area contributed by atoms with E-state index < -0.39 is 0 Å². The van der Waals surface area contributed by atoms with Gasteiger partial charge in [-0.3, -0.25) is 0 Å². The van der Waals surface area contributed by atoms with Gasteiger partial charge in [0.05, 0.1) is 0 Å². The average Bonchev–Trinajstić information content (AvgIpc) is 2.35. The summed E-state index contributed by atoms with van der Waals surface area (Å²) in [4.78, 5) is 10.1. The zero-order chi connectivity index (χ0) is 12.6. The quantitative estimate of drug-likeness (QED) is 0.237. The molecule has 1 heteroatoms. The van der Waals surface area contributed by atoms with Crippen LogP contribution in [0.15, 0.2) is 12.2 Å². The summed E-state index contributed by atoms with van der Waals surface area (Å²) < 4.78 is 0. The summed E-state index contributed by atoms with van der Waals surface area (Å²) in [6, 6.07) is 0. The molecule has 0 fully saturated rings. The molecule has 1 nitrogen and oxygen atoms in total. The zero-order valence-corrected chi connectivity index (χ0v) is 11.6. The smallest absolute Gasteiger partial charge is 0.119 e. The van der Waals surface area contributed by atoms with Gasteiger partial charge < -0.3 is 4.79 Å². The monoisotopic (exact) mass is 238 g/mol. The molecule has 0 spiro atoms. The van der Waals surface area contributed by atoms with Crippen LogP contribution in [0.4, 0.5) is 0 Å². The Labute approximate surface area is 108 Å². The Balaban J connectivity index is 3.01. The Morgan fingerprint density at radius 1 is 0.647 bits per heavy atom. The molecule has 0 saturated carbocycles. The predicted octanol–water partition coefficient (Wildman–Crippen LogP) is 5.44. The minimum atomic E-state index is 0.748. The number of unbranched alkanes of at least 4 members (excludes halogenated alkanes) is 10. The molecule has 0 aromatic heterocycles. The summed E-state index contributed by atoms with van der Waals surface area (Å²) in [6.07, 6.45) is 20.6. The van der Waals surface area contributed by atoms with Gasteiger partial charge in [0.15, 0.2) is 0 Å². The molecule has 0 N–H and O–H groups in total. The van der Waals surface area contributed by atoms with E-state index in [4.69, 9.17) is 0 Å². The Hall–Kier alpha value is -0.590. The minimum absolute atomic E-state index is 0.748. The van der Waals surface area contributed by atoms with Crippen LogP contribution in [-0.4, -0.2) is 6.29 Å². The molecule has 0 amide bonds. The van der Waals surface area contributed by atoms with Crippen LogP contribution in [0, 0.1) is 0 Å². The summed E-state index contributed by atoms with van der Waals surface area (Å²) >= 11 is 0. The lowest BCUT2D eigenvalue weighted by Gasteiger charge is -1.97. The fourth-order valence-electron chi connectivity index (χ4n) is 1.94. The van der Waals surface area contributed by atoms with E-state index in [-0.39, 0.29) is 0 Å². The highest BCUT2D eigenvalue weighted by Crippen LogP contribution is 2.08. The predicted molar refractivity (Wildman–Crippen MR) is 76.3 cm³/mol. The largest absolute Gasteiger partial charge is 0.303 e. The highest BCUT2D eigenvalue weighted by Gasteiger charge is 1.89. The maximum atomic E-state index is 10.1. The normalized spacial score (nSPS) is 11.1. The van der Waals surface area contributed by atoms with Crippen LogP contribution in [0.5, 0.6) is 0 Å². The first-order valence-corrected chi connectivity index (χ1v) is 7.50. The summed E-state index contributed by atoms with van der Waals surface area (Å²) in [5.74, 6) is 0. The van der Waals surface area contributed by atoms with E-state index in [1.54, 1.807) is 0 Å². The molecular formula is C16H30O. The molecule has 0 saturated heterocycles. The lowest BCUT2D eigenvalue weighted by atomic mass is 10.1. The SMILES string of the molecule is CCCCCC/C=C\CCCCCCCC=O. The molecule has 0 aliphatic heterocycles. The summed E-state index contributed by atoms with van der Waals surface area (Å²) in [6.45, 7) is 2.25. The van der Waals surface area contributed by atoms with Gasteiger partial charge in [-0.25, -0.2) is 0 Å². The molecule has 0 aromatic rings. The van der Waals surface area contributed by atoms with E-state index in [0.29, 0.717) is 0 Å². The number of rotatable bonds is 13. The molecule has 0 aliphatic rings. The second-order valence-electron chi connectivity index (χ2n) is 4.83. The van der Waals surface area contributed by atoms with Crippen molar-refractivity contribution in [3.63, 3.8) is 0 Å². The van der Waals surface area contributed by atoms with Crippen molar-refractivity contribution < 1.29 is 4.79 Å². The van der Waals surface area contributed by atoms with Crippen molar-refractivity contribution in [1.82, 2.24) is 0 Å². The van der Waals surface area contributed by atoms with Crippen LogP contribution < -0.4 is 0 Å². The molecule has 100 valence electrons. The fraction of sp³-hybridized carbons (Fsp3) is 0.812. The molecular weight excluding hydrogens is 208 g/mol. The first kappa shape index (κ1) is 16.4. The van der Waals surface area contributed by atoms with E-state index in [1.165, 1.54) is 64.2 Å². The van der Waals surface area contributed by atoms with Crippen molar-refractivity contribution in [1.29, 1.82) is 0 Å². The van der Waals surface area contributed by atoms with Crippen molar-refractivity contribution in [2.45, 2.75) is 84.0 Å². The first-order chi connectivity index (χ1) is 8.41. The molecule has 17 heavy (non-hydrogen) atoms. The molecule has 0 atom stereocenters. The molecule has 0 aromatic carbocycles. The Bertz CT molecular complexity index is 172. The Morgan fingerprint density at radius 3 is 1.65 bits per heavy atom. The third kappa shape index (κ3) is 15.4.